The van der Waals surface area contributed by atoms with Crippen molar-refractivity contribution in [1.29, 1.82) is 0 Å². The summed E-state index contributed by atoms with van der Waals surface area (Å²) in [6.45, 7) is 2.15. The predicted molar refractivity (Wildman–Crippen MR) is 137 cm³/mol. The largest absolute Gasteiger partial charge is 0.493 e. The summed E-state index contributed by atoms with van der Waals surface area (Å²) >= 11 is 9.51. The van der Waals surface area contributed by atoms with E-state index in [1.165, 1.54) is 13.2 Å². The number of anilines is 1. The smallest absolute Gasteiger partial charge is 0.335 e. The van der Waals surface area contributed by atoms with Crippen LogP contribution in [-0.4, -0.2) is 25.0 Å². The SMILES string of the molecule is COc1cc(/C=C2\C(=O)NC(=O)N(c3ccc(C)cc3)C2=O)cc(Br)c1OCc1cccc(Cl)c1. The Labute approximate surface area is 215 Å². The molecule has 0 saturated carbocycles. The van der Waals surface area contributed by atoms with E-state index in [-0.39, 0.29) is 12.2 Å². The number of hydrogen-bond acceptors (Lipinski definition) is 5. The first kappa shape index (κ1) is 24.5. The fourth-order valence-electron chi connectivity index (χ4n) is 3.50. The third-order valence-corrected chi connectivity index (χ3v) is 6.05. The van der Waals surface area contributed by atoms with Gasteiger partial charge >= 0.3 is 6.03 Å². The van der Waals surface area contributed by atoms with Gasteiger partial charge in [-0.1, -0.05) is 41.4 Å². The molecule has 0 aliphatic carbocycles. The summed E-state index contributed by atoms with van der Waals surface area (Å²) in [6.07, 6.45) is 1.40. The van der Waals surface area contributed by atoms with Gasteiger partial charge in [-0.2, -0.15) is 0 Å². The van der Waals surface area contributed by atoms with Crippen LogP contribution in [0.3, 0.4) is 0 Å². The lowest BCUT2D eigenvalue weighted by molar-refractivity contribution is -0.122. The van der Waals surface area contributed by atoms with E-state index in [4.69, 9.17) is 21.1 Å². The van der Waals surface area contributed by atoms with E-state index in [0.29, 0.717) is 32.2 Å². The molecule has 35 heavy (non-hydrogen) atoms. The van der Waals surface area contributed by atoms with Gasteiger partial charge in [0.1, 0.15) is 12.2 Å². The van der Waals surface area contributed by atoms with Gasteiger partial charge in [-0.05, 0) is 76.5 Å². The number of hydrogen-bond donors (Lipinski definition) is 1. The molecule has 0 spiro atoms. The normalized spacial score (nSPS) is 14.8. The zero-order valence-electron chi connectivity index (χ0n) is 18.8. The molecule has 0 bridgehead atoms. The molecule has 1 fully saturated rings. The molecule has 0 unspecified atom stereocenters. The van der Waals surface area contributed by atoms with Gasteiger partial charge < -0.3 is 9.47 Å². The molecule has 4 rings (SSSR count). The Bertz CT molecular complexity index is 1350. The quantitative estimate of drug-likeness (QED) is 0.313. The lowest BCUT2D eigenvalue weighted by Gasteiger charge is -2.26. The number of methoxy groups -OCH3 is 1. The molecule has 1 aliphatic heterocycles. The summed E-state index contributed by atoms with van der Waals surface area (Å²) in [5.41, 5.74) is 2.52. The second-order valence-corrected chi connectivity index (χ2v) is 9.04. The van der Waals surface area contributed by atoms with Crippen LogP contribution < -0.4 is 19.7 Å². The molecule has 4 amide bonds. The topological polar surface area (TPSA) is 84.9 Å². The molecule has 1 saturated heterocycles. The van der Waals surface area contributed by atoms with Crippen molar-refractivity contribution in [2.75, 3.05) is 12.0 Å². The molecule has 0 aromatic heterocycles. The average Bonchev–Trinajstić information content (AvgIpc) is 2.82. The summed E-state index contributed by atoms with van der Waals surface area (Å²) in [5, 5.41) is 2.83. The zero-order valence-corrected chi connectivity index (χ0v) is 21.1. The van der Waals surface area contributed by atoms with Crippen LogP contribution in [-0.2, 0) is 16.2 Å². The minimum Gasteiger partial charge on any atom is -0.493 e. The number of carbonyl (C=O) groups is 3. The lowest BCUT2D eigenvalue weighted by atomic mass is 10.1. The van der Waals surface area contributed by atoms with Crippen LogP contribution in [0.4, 0.5) is 10.5 Å². The third-order valence-electron chi connectivity index (χ3n) is 5.23. The number of halogens is 2. The van der Waals surface area contributed by atoms with Gasteiger partial charge in [0, 0.05) is 5.02 Å². The third kappa shape index (κ3) is 5.39. The van der Waals surface area contributed by atoms with Crippen LogP contribution in [0.5, 0.6) is 11.5 Å². The number of imide groups is 2. The Morgan fingerprint density at radius 1 is 1.06 bits per heavy atom. The number of nitrogens with zero attached hydrogens (tertiary/aromatic N) is 1. The van der Waals surface area contributed by atoms with Crippen molar-refractivity contribution in [2.24, 2.45) is 0 Å². The second kappa shape index (κ2) is 10.3. The van der Waals surface area contributed by atoms with Gasteiger partial charge in [-0.15, -0.1) is 0 Å². The molecular formula is C26H20BrClN2O5. The van der Waals surface area contributed by atoms with E-state index >= 15 is 0 Å². The number of amides is 4. The molecular weight excluding hydrogens is 536 g/mol. The van der Waals surface area contributed by atoms with Crippen LogP contribution in [0, 0.1) is 6.92 Å². The van der Waals surface area contributed by atoms with Gasteiger partial charge in [0.05, 0.1) is 17.3 Å². The van der Waals surface area contributed by atoms with Crippen molar-refractivity contribution < 1.29 is 23.9 Å². The van der Waals surface area contributed by atoms with Gasteiger partial charge in [-0.3, -0.25) is 14.9 Å². The second-order valence-electron chi connectivity index (χ2n) is 7.75. The van der Waals surface area contributed by atoms with Gasteiger partial charge in [0.15, 0.2) is 11.5 Å². The summed E-state index contributed by atoms with van der Waals surface area (Å²) in [6, 6.07) is 16.7. The van der Waals surface area contributed by atoms with Crippen LogP contribution in [0.25, 0.3) is 6.08 Å². The van der Waals surface area contributed by atoms with Crippen molar-refractivity contribution in [2.45, 2.75) is 13.5 Å². The summed E-state index contributed by atoms with van der Waals surface area (Å²) in [5.74, 6) is -0.660. The highest BCUT2D eigenvalue weighted by atomic mass is 79.9. The highest BCUT2D eigenvalue weighted by Crippen LogP contribution is 2.38. The van der Waals surface area contributed by atoms with Crippen LogP contribution in [0.2, 0.25) is 5.02 Å². The predicted octanol–water partition coefficient (Wildman–Crippen LogP) is 5.66. The number of ether oxygens (including phenoxy) is 2. The Morgan fingerprint density at radius 2 is 1.80 bits per heavy atom. The molecule has 3 aromatic rings. The van der Waals surface area contributed by atoms with Crippen molar-refractivity contribution in [3.05, 3.63) is 92.4 Å². The molecule has 7 nitrogen and oxygen atoms in total. The highest BCUT2D eigenvalue weighted by molar-refractivity contribution is 9.10. The molecule has 1 aliphatic rings. The van der Waals surface area contributed by atoms with Gasteiger partial charge in [-0.25, -0.2) is 9.69 Å². The first-order chi connectivity index (χ1) is 16.8. The maximum Gasteiger partial charge on any atom is 0.335 e. The number of nitrogens with one attached hydrogen (secondary N) is 1. The number of rotatable bonds is 6. The van der Waals surface area contributed by atoms with Crippen LogP contribution >= 0.6 is 27.5 Å². The Morgan fingerprint density at radius 3 is 2.49 bits per heavy atom. The van der Waals surface area contributed by atoms with E-state index in [0.717, 1.165) is 16.0 Å². The number of barbiturate groups is 1. The van der Waals surface area contributed by atoms with E-state index in [1.807, 2.05) is 19.1 Å². The zero-order chi connectivity index (χ0) is 25.1. The Balaban J connectivity index is 1.64. The Kier molecular flexibility index (Phi) is 7.23. The Hall–Kier alpha value is -3.62. The maximum absolute atomic E-state index is 13.1. The van der Waals surface area contributed by atoms with E-state index in [1.54, 1.807) is 48.5 Å². The molecule has 1 N–H and O–H groups in total. The van der Waals surface area contributed by atoms with Crippen molar-refractivity contribution in [3.8, 4) is 11.5 Å². The van der Waals surface area contributed by atoms with Gasteiger partial charge in [0.25, 0.3) is 11.8 Å². The van der Waals surface area contributed by atoms with Gasteiger partial charge in [0.2, 0.25) is 0 Å². The standard InChI is InChI=1S/C26H20BrClN2O5/c1-15-6-8-19(9-7-15)30-25(32)20(24(31)29-26(30)33)11-17-12-21(27)23(22(13-17)34-2)35-14-16-4-3-5-18(28)10-16/h3-13H,14H2,1-2H3,(H,29,31,33)/b20-11+. The molecule has 3 aromatic carbocycles. The average molecular weight is 556 g/mol. The number of urea groups is 1. The summed E-state index contributed by atoms with van der Waals surface area (Å²) in [7, 11) is 1.49. The fraction of sp³-hybridized carbons (Fsp3) is 0.115. The van der Waals surface area contributed by atoms with Crippen molar-refractivity contribution >= 4 is 57.1 Å². The van der Waals surface area contributed by atoms with E-state index < -0.39 is 17.8 Å². The molecule has 0 radical (unpaired) electrons. The molecule has 1 heterocycles. The maximum atomic E-state index is 13.1. The first-order valence-electron chi connectivity index (χ1n) is 10.5. The fourth-order valence-corrected chi connectivity index (χ4v) is 4.28. The summed E-state index contributed by atoms with van der Waals surface area (Å²) in [4.78, 5) is 39.0. The highest BCUT2D eigenvalue weighted by Gasteiger charge is 2.36. The first-order valence-corrected chi connectivity index (χ1v) is 11.7. The van der Waals surface area contributed by atoms with Crippen molar-refractivity contribution in [3.63, 3.8) is 0 Å². The minimum absolute atomic E-state index is 0.188. The molecule has 9 heteroatoms. The number of benzene rings is 3. The monoisotopic (exact) mass is 554 g/mol. The van der Waals surface area contributed by atoms with E-state index in [2.05, 4.69) is 21.2 Å². The summed E-state index contributed by atoms with van der Waals surface area (Å²) < 4.78 is 12.0. The number of aryl methyl sites for hydroxylation is 1. The van der Waals surface area contributed by atoms with Crippen LogP contribution in [0.1, 0.15) is 16.7 Å². The molecule has 178 valence electrons. The minimum atomic E-state index is -0.801. The van der Waals surface area contributed by atoms with Crippen LogP contribution in [0.15, 0.2) is 70.7 Å². The van der Waals surface area contributed by atoms with Crippen molar-refractivity contribution in [1.82, 2.24) is 5.32 Å². The number of carbonyl (C=O) groups excluding carboxylic acids is 3. The lowest BCUT2D eigenvalue weighted by Crippen LogP contribution is -2.54. The van der Waals surface area contributed by atoms with E-state index in [9.17, 15) is 14.4 Å². The molecule has 0 atom stereocenters.